The fourth-order valence-electron chi connectivity index (χ4n) is 16.8. The van der Waals surface area contributed by atoms with Crippen LogP contribution in [0.2, 0.25) is 0 Å². The molecule has 11 aromatic rings. The lowest BCUT2D eigenvalue weighted by atomic mass is 9.96. The summed E-state index contributed by atoms with van der Waals surface area (Å²) in [7, 11) is 0. The van der Waals surface area contributed by atoms with Gasteiger partial charge in [0.25, 0.3) is 0 Å². The lowest BCUT2D eigenvalue weighted by molar-refractivity contribution is 0.235. The van der Waals surface area contributed by atoms with Crippen LogP contribution in [0.1, 0.15) is 91.8 Å². The molecule has 8 bridgehead atoms. The fourth-order valence-corrected chi connectivity index (χ4v) is 16.8. The molecule has 0 spiro atoms. The molecule has 8 aliphatic heterocycles. The minimum absolute atomic E-state index is 0.0234. The van der Waals surface area contributed by atoms with Gasteiger partial charge in [0.15, 0.2) is 29.1 Å². The van der Waals surface area contributed by atoms with Crippen LogP contribution in [-0.2, 0) is 13.1 Å². The van der Waals surface area contributed by atoms with Crippen LogP contribution in [0.4, 0.5) is 71.0 Å². The number of carbonyl (C=O) groups is 4. The first-order valence-corrected chi connectivity index (χ1v) is 39.3. The molecular formula is C85H89N25O4. The SMILES string of the molecule is Cc1cc(-c2ccc3c(n2)N(C(=O)NC2CCCCC2)[C@H]2CCN3C2)ccn1.Cc1cc(-c2ccc3c(n2)N(C(=O)NCc2ccccn2)[C@H]2CCN3C2)ccn1.Cc1cc(-c2ccc3c(n2)N(C(=O)NCc2cccnc2)[C@H]2CCN3C2)ccn1.Cc1cc(-c2ccc3c(n2)N(C(=O)Nc2cnncn2)[C@H]2CCN3C2)ccn1. The molecule has 0 aromatic carbocycles. The number of urea groups is 4. The first-order valence-electron chi connectivity index (χ1n) is 39.3. The van der Waals surface area contributed by atoms with Crippen LogP contribution < -0.4 is 60.5 Å². The Morgan fingerprint density at radius 2 is 0.807 bits per heavy atom. The van der Waals surface area contributed by atoms with Crippen molar-refractivity contribution in [1.29, 1.82) is 0 Å². The first kappa shape index (κ1) is 73.6. The molecule has 5 fully saturated rings. The van der Waals surface area contributed by atoms with E-state index in [0.29, 0.717) is 30.8 Å². The summed E-state index contributed by atoms with van der Waals surface area (Å²) in [6.07, 6.45) is 24.8. The summed E-state index contributed by atoms with van der Waals surface area (Å²) in [5.74, 6) is 3.29. The Bertz CT molecular complexity index is 5180. The Hall–Kier alpha value is -13.2. The van der Waals surface area contributed by atoms with Crippen molar-refractivity contribution in [3.63, 3.8) is 0 Å². The summed E-state index contributed by atoms with van der Waals surface area (Å²) < 4.78 is 0. The highest BCUT2D eigenvalue weighted by Gasteiger charge is 2.45. The van der Waals surface area contributed by atoms with E-state index in [1.54, 1.807) is 42.1 Å². The van der Waals surface area contributed by atoms with E-state index in [4.69, 9.17) is 19.9 Å². The van der Waals surface area contributed by atoms with Crippen molar-refractivity contribution < 1.29 is 19.2 Å². The molecule has 0 unspecified atom stereocenters. The number of rotatable bonds is 10. The van der Waals surface area contributed by atoms with E-state index in [-0.39, 0.29) is 48.3 Å². The van der Waals surface area contributed by atoms with Gasteiger partial charge in [0.2, 0.25) is 0 Å². The Balaban J connectivity index is 0.000000110. The van der Waals surface area contributed by atoms with E-state index in [0.717, 1.165) is 210 Å². The molecule has 19 heterocycles. The average Bonchev–Trinajstić information content (AvgIpc) is 1.55. The van der Waals surface area contributed by atoms with Crippen LogP contribution >= 0.6 is 0 Å². The number of aromatic nitrogens is 13. The summed E-state index contributed by atoms with van der Waals surface area (Å²) >= 11 is 0. The first-order chi connectivity index (χ1) is 55.7. The van der Waals surface area contributed by atoms with E-state index in [2.05, 4.69) is 110 Å². The van der Waals surface area contributed by atoms with Crippen molar-refractivity contribution in [2.24, 2.45) is 0 Å². The Kier molecular flexibility index (Phi) is 21.1. The van der Waals surface area contributed by atoms with E-state index in [9.17, 15) is 19.2 Å². The molecule has 4 atom stereocenters. The Labute approximate surface area is 660 Å². The molecule has 29 nitrogen and oxygen atoms in total. The van der Waals surface area contributed by atoms with Crippen LogP contribution in [0.3, 0.4) is 0 Å². The molecule has 0 radical (unpaired) electrons. The predicted octanol–water partition coefficient (Wildman–Crippen LogP) is 12.5. The van der Waals surface area contributed by atoms with E-state index in [1.807, 2.05) is 152 Å². The zero-order valence-electron chi connectivity index (χ0n) is 64.2. The smallest absolute Gasteiger partial charge is 0.329 e. The van der Waals surface area contributed by atoms with Gasteiger partial charge in [-0.2, -0.15) is 5.10 Å². The van der Waals surface area contributed by atoms with Crippen LogP contribution in [0, 0.1) is 27.7 Å². The summed E-state index contributed by atoms with van der Waals surface area (Å²) in [4.78, 5) is 118. The van der Waals surface area contributed by atoms with Gasteiger partial charge in [-0.25, -0.2) is 44.1 Å². The number of hydrogen-bond donors (Lipinski definition) is 4. The monoisotopic (exact) mass is 1520 g/mol. The summed E-state index contributed by atoms with van der Waals surface area (Å²) in [6.45, 7) is 15.9. The van der Waals surface area contributed by atoms with E-state index >= 15 is 0 Å². The third-order valence-electron chi connectivity index (χ3n) is 22.4. The van der Waals surface area contributed by atoms with E-state index < -0.39 is 0 Å². The summed E-state index contributed by atoms with van der Waals surface area (Å²) in [6, 6.07) is 42.2. The molecule has 4 saturated heterocycles. The van der Waals surface area contributed by atoms with Gasteiger partial charge in [0, 0.05) is 153 Å². The molecule has 29 heteroatoms. The van der Waals surface area contributed by atoms with Gasteiger partial charge in [-0.1, -0.05) is 31.4 Å². The number of nitrogens with zero attached hydrogens (tertiary/aromatic N) is 21. The Morgan fingerprint density at radius 3 is 1.19 bits per heavy atom. The second-order valence-corrected chi connectivity index (χ2v) is 30.1. The van der Waals surface area contributed by atoms with Gasteiger partial charge in [-0.05, 0) is 187 Å². The van der Waals surface area contributed by atoms with Crippen molar-refractivity contribution in [1.82, 2.24) is 81.0 Å². The maximum Gasteiger partial charge on any atom is 0.329 e. The second kappa shape index (κ2) is 32.6. The Morgan fingerprint density at radius 1 is 0.386 bits per heavy atom. The lowest BCUT2D eigenvalue weighted by Gasteiger charge is -2.37. The van der Waals surface area contributed by atoms with Gasteiger partial charge < -0.3 is 35.6 Å². The molecule has 1 saturated carbocycles. The van der Waals surface area contributed by atoms with Gasteiger partial charge in [-0.15, -0.1) is 5.10 Å². The topological polar surface area (TPSA) is 310 Å². The number of amides is 8. The quantitative estimate of drug-likeness (QED) is 0.0988. The molecular weight excluding hydrogens is 1440 g/mol. The number of carbonyl (C=O) groups excluding carboxylic acids is 4. The van der Waals surface area contributed by atoms with Gasteiger partial charge in [0.1, 0.15) is 6.33 Å². The van der Waals surface area contributed by atoms with E-state index in [1.165, 1.54) is 31.8 Å². The lowest BCUT2D eigenvalue weighted by Crippen LogP contribution is -2.53. The minimum Gasteiger partial charge on any atom is -0.366 e. The molecule has 1 aliphatic carbocycles. The van der Waals surface area contributed by atoms with Gasteiger partial charge in [0.05, 0.1) is 88.1 Å². The maximum absolute atomic E-state index is 13.3. The number of pyridine rings is 10. The van der Waals surface area contributed by atoms with Crippen molar-refractivity contribution in [2.45, 2.75) is 129 Å². The third-order valence-corrected chi connectivity index (χ3v) is 22.4. The molecule has 9 aliphatic rings. The van der Waals surface area contributed by atoms with Crippen LogP contribution in [0.25, 0.3) is 45.0 Å². The van der Waals surface area contributed by atoms with Crippen LogP contribution in [0.15, 0.2) is 183 Å². The van der Waals surface area contributed by atoms with Gasteiger partial charge >= 0.3 is 24.1 Å². The van der Waals surface area contributed by atoms with Crippen molar-refractivity contribution in [3.05, 3.63) is 217 Å². The standard InChI is InChI=1S/2C22H22N6O.C22H27N5O.C19H18N8O/c1-15-11-17(6-9-24-15)19-4-5-20-21(26-19)28(18-7-10-27(20)14-18)22(29)25-13-16-3-2-8-23-12-16;1-15-12-16(7-10-23-15)19-5-6-20-21(26-19)28(18-8-11-27(20)14-18)22(29)25-13-17-4-2-3-9-24-17;1-15-13-16(9-11-23-15)19-7-8-20-21(25-19)27(18-10-12-26(20)14-18)22(28)24-17-5-3-2-4-6-17;1-12-8-13(4-6-20-12)15-2-3-16-18(24-15)27(14-5-7-26(16)10-14)19(28)25-17-9-22-23-11-21-17/h2-6,8-9,11-12,18H,7,10,13-14H2,1H3,(H,25,29);2-7,9-10,12,18H,8,11,13-14H2,1H3,(H,25,29);7-9,11,13,17-18H,2-6,10,12,14H2,1H3,(H,24,28);2-4,6,8-9,11,14H,5,7,10H2,1H3,(H,21,23,25,28)/t3*18-;14-/m0000/s1. The number of nitrogens with one attached hydrogen (secondary N) is 4. The normalized spacial score (nSPS) is 18.3. The third kappa shape index (κ3) is 15.8. The zero-order valence-corrected chi connectivity index (χ0v) is 64.2. The second-order valence-electron chi connectivity index (χ2n) is 30.1. The van der Waals surface area contributed by atoms with Crippen LogP contribution in [0.5, 0.6) is 0 Å². The number of fused-ring (bicyclic) bond motifs is 16. The molecule has 8 amide bonds. The minimum atomic E-state index is -0.260. The highest BCUT2D eigenvalue weighted by molar-refractivity contribution is 6.05. The summed E-state index contributed by atoms with van der Waals surface area (Å²) in [5, 5.41) is 19.6. The number of anilines is 9. The molecule has 11 aromatic heterocycles. The molecule has 20 rings (SSSR count). The summed E-state index contributed by atoms with van der Waals surface area (Å²) in [5.41, 5.74) is 17.1. The predicted molar refractivity (Wildman–Crippen MR) is 438 cm³/mol. The highest BCUT2D eigenvalue weighted by Crippen LogP contribution is 2.45. The van der Waals surface area contributed by atoms with Crippen molar-refractivity contribution >= 4 is 76.0 Å². The molecule has 4 N–H and O–H groups in total. The molecule has 114 heavy (non-hydrogen) atoms. The fraction of sp³-hybridized carbons (Fsp3) is 0.329. The number of hydrogen-bond acceptors (Lipinski definition) is 21. The number of aryl methyl sites for hydroxylation is 4. The van der Waals surface area contributed by atoms with Crippen molar-refractivity contribution in [3.8, 4) is 45.0 Å². The molecule has 578 valence electrons. The zero-order chi connectivity index (χ0) is 77.8. The van der Waals surface area contributed by atoms with Crippen LogP contribution in [-0.4, -0.2) is 172 Å². The highest BCUT2D eigenvalue weighted by atomic mass is 16.2. The van der Waals surface area contributed by atoms with Gasteiger partial charge in [-0.3, -0.25) is 54.8 Å². The van der Waals surface area contributed by atoms with Crippen molar-refractivity contribution in [2.75, 3.05) is 96.9 Å². The largest absolute Gasteiger partial charge is 0.366 e. The maximum atomic E-state index is 13.3. The average molecular weight is 1520 g/mol.